The first-order valence-corrected chi connectivity index (χ1v) is 9.74. The Kier molecular flexibility index (Phi) is 6.68. The number of aliphatic carboxylic acids is 1. The number of hydrogen-bond donors (Lipinski definition) is 3. The molecule has 30 heavy (non-hydrogen) atoms. The SMILES string of the molecule is CCCCOc1nc(N)c2[nH]c(=O)n(Cc3ccc(CN(C)CC(=O)O)cc3)c2n1. The fraction of sp³-hybridized carbons (Fsp3) is 0.400. The van der Waals surface area contributed by atoms with Crippen molar-refractivity contribution in [1.29, 1.82) is 0 Å². The summed E-state index contributed by atoms with van der Waals surface area (Å²) < 4.78 is 7.04. The van der Waals surface area contributed by atoms with Crippen LogP contribution in [0.15, 0.2) is 29.1 Å². The normalized spacial score (nSPS) is 11.3. The molecule has 3 rings (SSSR count). The Balaban J connectivity index is 1.80. The number of carboxylic acids is 1. The van der Waals surface area contributed by atoms with Gasteiger partial charge in [0, 0.05) is 6.54 Å². The zero-order chi connectivity index (χ0) is 21.7. The molecule has 2 aromatic heterocycles. The number of imidazole rings is 1. The van der Waals surface area contributed by atoms with E-state index in [1.54, 1.807) is 11.9 Å². The average molecular weight is 414 g/mol. The maximum absolute atomic E-state index is 12.5. The molecule has 0 unspecified atom stereocenters. The summed E-state index contributed by atoms with van der Waals surface area (Å²) in [5.74, 6) is -0.702. The lowest BCUT2D eigenvalue weighted by Crippen LogP contribution is -2.25. The molecule has 4 N–H and O–H groups in total. The van der Waals surface area contributed by atoms with Crippen LogP contribution in [0.1, 0.15) is 30.9 Å². The van der Waals surface area contributed by atoms with Crippen molar-refractivity contribution in [2.75, 3.05) is 25.9 Å². The van der Waals surface area contributed by atoms with Crippen LogP contribution in [0.5, 0.6) is 6.01 Å². The lowest BCUT2D eigenvalue weighted by Gasteiger charge is -2.14. The molecule has 1 aromatic carbocycles. The van der Waals surface area contributed by atoms with Crippen molar-refractivity contribution in [2.24, 2.45) is 0 Å². The number of anilines is 1. The summed E-state index contributed by atoms with van der Waals surface area (Å²) in [6.45, 7) is 3.32. The number of nitrogens with zero attached hydrogens (tertiary/aromatic N) is 4. The molecule has 2 heterocycles. The third-order valence-corrected chi connectivity index (χ3v) is 4.58. The number of nitrogens with one attached hydrogen (secondary N) is 1. The summed E-state index contributed by atoms with van der Waals surface area (Å²) in [4.78, 5) is 36.1. The molecular formula is C20H26N6O4. The molecule has 0 saturated carbocycles. The molecule has 0 bridgehead atoms. The second-order valence-corrected chi connectivity index (χ2v) is 7.19. The van der Waals surface area contributed by atoms with E-state index in [2.05, 4.69) is 21.9 Å². The number of H-pyrrole nitrogens is 1. The van der Waals surface area contributed by atoms with E-state index in [1.165, 1.54) is 4.57 Å². The molecule has 10 heteroatoms. The zero-order valence-electron chi connectivity index (χ0n) is 17.1. The Morgan fingerprint density at radius 2 is 1.97 bits per heavy atom. The van der Waals surface area contributed by atoms with E-state index in [9.17, 15) is 9.59 Å². The molecule has 0 aliphatic carbocycles. The topological polar surface area (TPSA) is 139 Å². The average Bonchev–Trinajstić information content (AvgIpc) is 2.99. The molecule has 0 amide bonds. The van der Waals surface area contributed by atoms with Crippen molar-refractivity contribution in [2.45, 2.75) is 32.9 Å². The van der Waals surface area contributed by atoms with Crippen LogP contribution >= 0.6 is 0 Å². The molecule has 0 aliphatic heterocycles. The van der Waals surface area contributed by atoms with Gasteiger partial charge in [0.15, 0.2) is 11.5 Å². The van der Waals surface area contributed by atoms with Gasteiger partial charge in [0.05, 0.1) is 19.7 Å². The largest absolute Gasteiger partial charge is 0.480 e. The molecule has 160 valence electrons. The lowest BCUT2D eigenvalue weighted by molar-refractivity contribution is -0.138. The van der Waals surface area contributed by atoms with Gasteiger partial charge < -0.3 is 20.6 Å². The molecule has 0 radical (unpaired) electrons. The summed E-state index contributed by atoms with van der Waals surface area (Å²) in [6.07, 6.45) is 1.85. The first-order valence-electron chi connectivity index (χ1n) is 9.74. The Morgan fingerprint density at radius 1 is 1.27 bits per heavy atom. The van der Waals surface area contributed by atoms with Crippen LogP contribution in [0, 0.1) is 0 Å². The standard InChI is InChI=1S/C20H26N6O4/c1-3-4-9-30-19-23-17(21)16-18(24-19)26(20(29)22-16)11-14-7-5-13(6-8-14)10-25(2)12-15(27)28/h5-8H,3-4,9-12H2,1-2H3,(H,22,29)(H,27,28)(H2,21,23,24). The molecule has 3 aromatic rings. The number of nitrogen functional groups attached to an aromatic ring is 1. The van der Waals surface area contributed by atoms with Gasteiger partial charge in [-0.15, -0.1) is 0 Å². The van der Waals surface area contributed by atoms with Gasteiger partial charge in [-0.05, 0) is 24.6 Å². The van der Waals surface area contributed by atoms with E-state index in [0.29, 0.717) is 30.9 Å². The highest BCUT2D eigenvalue weighted by molar-refractivity contribution is 5.81. The van der Waals surface area contributed by atoms with Crippen molar-refractivity contribution in [3.05, 3.63) is 45.9 Å². The maximum atomic E-state index is 12.5. The van der Waals surface area contributed by atoms with E-state index < -0.39 is 5.97 Å². The van der Waals surface area contributed by atoms with Crippen molar-refractivity contribution in [1.82, 2.24) is 24.4 Å². The Labute approximate surface area is 173 Å². The highest BCUT2D eigenvalue weighted by Gasteiger charge is 2.15. The van der Waals surface area contributed by atoms with Crippen molar-refractivity contribution in [3.8, 4) is 6.01 Å². The van der Waals surface area contributed by atoms with E-state index in [0.717, 1.165) is 24.0 Å². The molecule has 0 spiro atoms. The van der Waals surface area contributed by atoms with Crippen LogP contribution in [-0.4, -0.2) is 55.7 Å². The van der Waals surface area contributed by atoms with Crippen LogP contribution in [-0.2, 0) is 17.9 Å². The third kappa shape index (κ3) is 5.15. The Hall–Kier alpha value is -3.40. The maximum Gasteiger partial charge on any atom is 0.328 e. The van der Waals surface area contributed by atoms with Gasteiger partial charge in [0.1, 0.15) is 5.52 Å². The van der Waals surface area contributed by atoms with E-state index in [1.807, 2.05) is 24.3 Å². The zero-order valence-corrected chi connectivity index (χ0v) is 17.1. The fourth-order valence-electron chi connectivity index (χ4n) is 3.08. The first kappa shape index (κ1) is 21.3. The number of unbranched alkanes of at least 4 members (excludes halogenated alkanes) is 1. The van der Waals surface area contributed by atoms with E-state index in [-0.39, 0.29) is 24.1 Å². The number of carbonyl (C=O) groups is 1. The van der Waals surface area contributed by atoms with E-state index >= 15 is 0 Å². The number of aromatic amines is 1. The minimum atomic E-state index is -0.868. The van der Waals surface area contributed by atoms with Crippen LogP contribution in [0.3, 0.4) is 0 Å². The number of fused-ring (bicyclic) bond motifs is 1. The van der Waals surface area contributed by atoms with E-state index in [4.69, 9.17) is 15.6 Å². The predicted octanol–water partition coefficient (Wildman–Crippen LogP) is 1.45. The highest BCUT2D eigenvalue weighted by Crippen LogP contribution is 2.19. The van der Waals surface area contributed by atoms with Gasteiger partial charge in [0.25, 0.3) is 0 Å². The van der Waals surface area contributed by atoms with Crippen LogP contribution < -0.4 is 16.2 Å². The summed E-state index contributed by atoms with van der Waals surface area (Å²) in [5.41, 5.74) is 8.30. The van der Waals surface area contributed by atoms with Crippen LogP contribution in [0.2, 0.25) is 0 Å². The quantitative estimate of drug-likeness (QED) is 0.424. The number of ether oxygens (including phenoxy) is 1. The van der Waals surface area contributed by atoms with Gasteiger partial charge in [-0.25, -0.2) is 4.79 Å². The van der Waals surface area contributed by atoms with Crippen LogP contribution in [0.4, 0.5) is 5.82 Å². The Bertz CT molecular complexity index is 1070. The number of nitrogens with two attached hydrogens (primary N) is 1. The number of rotatable bonds is 10. The van der Waals surface area contributed by atoms with Gasteiger partial charge in [-0.2, -0.15) is 9.97 Å². The van der Waals surface area contributed by atoms with Gasteiger partial charge in [0.2, 0.25) is 0 Å². The lowest BCUT2D eigenvalue weighted by atomic mass is 10.1. The number of aromatic nitrogens is 4. The van der Waals surface area contributed by atoms with Crippen molar-refractivity contribution < 1.29 is 14.6 Å². The summed E-state index contributed by atoms with van der Waals surface area (Å²) in [7, 11) is 1.75. The predicted molar refractivity (Wildman–Crippen MR) is 112 cm³/mol. The molecule has 0 aliphatic rings. The smallest absolute Gasteiger partial charge is 0.328 e. The van der Waals surface area contributed by atoms with Crippen molar-refractivity contribution >= 4 is 23.0 Å². The van der Waals surface area contributed by atoms with Crippen LogP contribution in [0.25, 0.3) is 11.2 Å². The Morgan fingerprint density at radius 3 is 2.63 bits per heavy atom. The van der Waals surface area contributed by atoms with Gasteiger partial charge >= 0.3 is 17.7 Å². The summed E-state index contributed by atoms with van der Waals surface area (Å²) in [5, 5.41) is 8.86. The molecular weight excluding hydrogens is 388 g/mol. The molecule has 0 fully saturated rings. The highest BCUT2D eigenvalue weighted by atomic mass is 16.5. The second kappa shape index (κ2) is 9.40. The van der Waals surface area contributed by atoms with Gasteiger partial charge in [-0.1, -0.05) is 37.6 Å². The minimum absolute atomic E-state index is 0.0315. The molecule has 10 nitrogen and oxygen atoms in total. The number of likely N-dealkylation sites (N-methyl/N-ethyl adjacent to an activating group) is 1. The van der Waals surface area contributed by atoms with Crippen molar-refractivity contribution in [3.63, 3.8) is 0 Å². The fourth-order valence-corrected chi connectivity index (χ4v) is 3.08. The minimum Gasteiger partial charge on any atom is -0.480 e. The first-order chi connectivity index (χ1) is 14.4. The van der Waals surface area contributed by atoms with Gasteiger partial charge in [-0.3, -0.25) is 14.3 Å². The number of carboxylic acid groups (broad SMARTS) is 1. The monoisotopic (exact) mass is 414 g/mol. The number of benzene rings is 1. The second-order valence-electron chi connectivity index (χ2n) is 7.19. The molecule has 0 atom stereocenters. The number of hydrogen-bond acceptors (Lipinski definition) is 7. The summed E-state index contributed by atoms with van der Waals surface area (Å²) in [6, 6.07) is 7.78. The summed E-state index contributed by atoms with van der Waals surface area (Å²) >= 11 is 0. The molecule has 0 saturated heterocycles. The third-order valence-electron chi connectivity index (χ3n) is 4.58.